The number of nitrogens with one attached hydrogen (secondary N) is 1. The van der Waals surface area contributed by atoms with Gasteiger partial charge in [-0.25, -0.2) is 0 Å². The summed E-state index contributed by atoms with van der Waals surface area (Å²) >= 11 is 7.59. The first-order chi connectivity index (χ1) is 8.72. The van der Waals surface area contributed by atoms with E-state index in [0.29, 0.717) is 5.02 Å². The molecule has 1 unspecified atom stereocenters. The largest absolute Gasteiger partial charge is 0.309 e. The molecule has 0 radical (unpaired) electrons. The van der Waals surface area contributed by atoms with Crippen molar-refractivity contribution in [3.8, 4) is 0 Å². The molecule has 0 aliphatic rings. The highest BCUT2D eigenvalue weighted by atomic mass is 35.5. The molecule has 0 saturated heterocycles. The van der Waals surface area contributed by atoms with Crippen molar-refractivity contribution in [3.63, 3.8) is 0 Å². The Morgan fingerprint density at radius 3 is 2.94 bits per heavy atom. The molecule has 0 saturated carbocycles. The van der Waals surface area contributed by atoms with Crippen LogP contribution in [0.25, 0.3) is 0 Å². The molecule has 2 heterocycles. The van der Waals surface area contributed by atoms with Crippen LogP contribution in [-0.2, 0) is 6.42 Å². The number of aromatic nitrogens is 3. The van der Waals surface area contributed by atoms with Gasteiger partial charge in [0.15, 0.2) is 0 Å². The average Bonchev–Trinajstić information content (AvgIpc) is 2.78. The Hall–Kier alpha value is -1.04. The van der Waals surface area contributed by atoms with Crippen molar-refractivity contribution in [2.75, 3.05) is 6.54 Å². The molecule has 0 bridgehead atoms. The van der Waals surface area contributed by atoms with Gasteiger partial charge in [0.05, 0.1) is 15.6 Å². The van der Waals surface area contributed by atoms with E-state index in [1.807, 2.05) is 13.0 Å². The number of likely N-dealkylation sites (N-methyl/N-ethyl adjacent to an activating group) is 1. The van der Waals surface area contributed by atoms with E-state index in [-0.39, 0.29) is 6.04 Å². The molecule has 2 rings (SSSR count). The lowest BCUT2D eigenvalue weighted by atomic mass is 10.0. The van der Waals surface area contributed by atoms with Gasteiger partial charge in [-0.05, 0) is 43.1 Å². The smallest absolute Gasteiger partial charge is 0.0772 e. The number of aryl methyl sites for hydroxylation is 1. The first-order valence-corrected chi connectivity index (χ1v) is 6.98. The van der Waals surface area contributed by atoms with E-state index in [1.54, 1.807) is 12.4 Å². The average molecular weight is 283 g/mol. The summed E-state index contributed by atoms with van der Waals surface area (Å²) in [7, 11) is 0. The van der Waals surface area contributed by atoms with E-state index in [0.717, 1.165) is 24.2 Å². The third kappa shape index (κ3) is 3.04. The Labute approximate surface area is 116 Å². The molecule has 18 heavy (non-hydrogen) atoms. The molecule has 4 nitrogen and oxygen atoms in total. The van der Waals surface area contributed by atoms with Crippen molar-refractivity contribution < 1.29 is 0 Å². The molecular formula is C12H15ClN4S. The third-order valence-electron chi connectivity index (χ3n) is 2.73. The van der Waals surface area contributed by atoms with Crippen LogP contribution in [0, 0.1) is 6.92 Å². The summed E-state index contributed by atoms with van der Waals surface area (Å²) in [5.74, 6) is 0. The van der Waals surface area contributed by atoms with Gasteiger partial charge in [0.1, 0.15) is 0 Å². The summed E-state index contributed by atoms with van der Waals surface area (Å²) in [6.45, 7) is 4.97. The van der Waals surface area contributed by atoms with E-state index in [9.17, 15) is 0 Å². The van der Waals surface area contributed by atoms with Gasteiger partial charge in [0.25, 0.3) is 0 Å². The summed E-state index contributed by atoms with van der Waals surface area (Å²) < 4.78 is 4.00. The molecule has 1 atom stereocenters. The van der Waals surface area contributed by atoms with Crippen molar-refractivity contribution in [1.82, 2.24) is 19.9 Å². The lowest BCUT2D eigenvalue weighted by molar-refractivity contribution is 0.554. The van der Waals surface area contributed by atoms with Gasteiger partial charge < -0.3 is 5.32 Å². The highest BCUT2D eigenvalue weighted by Gasteiger charge is 2.17. The van der Waals surface area contributed by atoms with Gasteiger partial charge in [0, 0.05) is 18.4 Å². The quantitative estimate of drug-likeness (QED) is 0.916. The van der Waals surface area contributed by atoms with Gasteiger partial charge in [-0.2, -0.15) is 0 Å². The van der Waals surface area contributed by atoms with E-state index in [1.165, 1.54) is 16.4 Å². The highest BCUT2D eigenvalue weighted by Crippen LogP contribution is 2.26. The summed E-state index contributed by atoms with van der Waals surface area (Å²) in [6, 6.07) is 2.16. The fraction of sp³-hybridized carbons (Fsp3) is 0.417. The Balaban J connectivity index is 2.22. The molecule has 96 valence electrons. The van der Waals surface area contributed by atoms with E-state index >= 15 is 0 Å². The minimum absolute atomic E-state index is 0.204. The molecule has 0 aliphatic carbocycles. The first kappa shape index (κ1) is 13.4. The number of nitrogens with zero attached hydrogens (tertiary/aromatic N) is 3. The Bertz CT molecular complexity index is 514. The van der Waals surface area contributed by atoms with Crippen LogP contribution in [0.4, 0.5) is 0 Å². The van der Waals surface area contributed by atoms with Crippen molar-refractivity contribution in [3.05, 3.63) is 39.6 Å². The van der Waals surface area contributed by atoms with Crippen molar-refractivity contribution >= 4 is 23.1 Å². The molecule has 1 N–H and O–H groups in total. The standard InChI is InChI=1S/C12H15ClN4S/c1-3-15-11(12-8(2)16-17-18-12)6-9-4-5-14-7-10(9)13/h4-5,7,11,15H,3,6H2,1-2H3. The van der Waals surface area contributed by atoms with Gasteiger partial charge in [0.2, 0.25) is 0 Å². The zero-order valence-corrected chi connectivity index (χ0v) is 11.9. The van der Waals surface area contributed by atoms with E-state index in [2.05, 4.69) is 26.8 Å². The maximum Gasteiger partial charge on any atom is 0.0772 e. The van der Waals surface area contributed by atoms with Crippen LogP contribution >= 0.6 is 23.1 Å². The zero-order chi connectivity index (χ0) is 13.0. The Morgan fingerprint density at radius 2 is 2.33 bits per heavy atom. The molecule has 2 aromatic rings. The number of rotatable bonds is 5. The topological polar surface area (TPSA) is 50.7 Å². The number of pyridine rings is 1. The molecular weight excluding hydrogens is 268 g/mol. The highest BCUT2D eigenvalue weighted by molar-refractivity contribution is 7.05. The second kappa shape index (κ2) is 6.22. The predicted octanol–water partition coefficient (Wildman–Crippen LogP) is 2.79. The molecule has 0 fully saturated rings. The van der Waals surface area contributed by atoms with E-state index in [4.69, 9.17) is 11.6 Å². The van der Waals surface area contributed by atoms with Gasteiger partial charge in [-0.15, -0.1) is 5.10 Å². The van der Waals surface area contributed by atoms with Crippen LogP contribution in [0.5, 0.6) is 0 Å². The lowest BCUT2D eigenvalue weighted by Gasteiger charge is -2.17. The summed E-state index contributed by atoms with van der Waals surface area (Å²) in [4.78, 5) is 5.18. The number of hydrogen-bond donors (Lipinski definition) is 1. The van der Waals surface area contributed by atoms with Crippen molar-refractivity contribution in [2.45, 2.75) is 26.3 Å². The minimum atomic E-state index is 0.204. The Kier molecular flexibility index (Phi) is 4.63. The van der Waals surface area contributed by atoms with Crippen LogP contribution in [0.2, 0.25) is 5.02 Å². The molecule has 2 aromatic heterocycles. The zero-order valence-electron chi connectivity index (χ0n) is 10.4. The summed E-state index contributed by atoms with van der Waals surface area (Å²) in [5.41, 5.74) is 2.07. The molecule has 0 aliphatic heterocycles. The number of hydrogen-bond acceptors (Lipinski definition) is 5. The Morgan fingerprint density at radius 1 is 1.50 bits per heavy atom. The molecule has 0 amide bonds. The van der Waals surface area contributed by atoms with Crippen LogP contribution < -0.4 is 5.32 Å². The summed E-state index contributed by atoms with van der Waals surface area (Å²) in [5, 5.41) is 8.22. The van der Waals surface area contributed by atoms with Gasteiger partial charge >= 0.3 is 0 Å². The van der Waals surface area contributed by atoms with Gasteiger partial charge in [-0.3, -0.25) is 4.98 Å². The minimum Gasteiger partial charge on any atom is -0.309 e. The van der Waals surface area contributed by atoms with Crippen LogP contribution in [0.1, 0.15) is 29.1 Å². The predicted molar refractivity (Wildman–Crippen MR) is 74.0 cm³/mol. The monoisotopic (exact) mass is 282 g/mol. The summed E-state index contributed by atoms with van der Waals surface area (Å²) in [6.07, 6.45) is 4.26. The fourth-order valence-electron chi connectivity index (χ4n) is 1.85. The number of halogens is 1. The second-order valence-corrected chi connectivity index (χ2v) is 5.20. The third-order valence-corrected chi connectivity index (χ3v) is 4.01. The van der Waals surface area contributed by atoms with Crippen LogP contribution in [0.3, 0.4) is 0 Å². The lowest BCUT2D eigenvalue weighted by Crippen LogP contribution is -2.23. The second-order valence-electron chi connectivity index (χ2n) is 4.00. The van der Waals surface area contributed by atoms with Crippen molar-refractivity contribution in [2.24, 2.45) is 0 Å². The molecule has 0 aromatic carbocycles. The maximum atomic E-state index is 6.15. The SMILES string of the molecule is CCNC(Cc1ccncc1Cl)c1snnc1C. The molecule has 0 spiro atoms. The maximum absolute atomic E-state index is 6.15. The van der Waals surface area contributed by atoms with E-state index < -0.39 is 0 Å². The normalized spacial score (nSPS) is 12.6. The van der Waals surface area contributed by atoms with Crippen molar-refractivity contribution in [1.29, 1.82) is 0 Å². The first-order valence-electron chi connectivity index (χ1n) is 5.83. The molecule has 6 heteroatoms. The van der Waals surface area contributed by atoms with Crippen LogP contribution in [0.15, 0.2) is 18.5 Å². The van der Waals surface area contributed by atoms with Crippen LogP contribution in [-0.4, -0.2) is 21.1 Å². The fourth-order valence-corrected chi connectivity index (χ4v) is 2.76. The van der Waals surface area contributed by atoms with Gasteiger partial charge in [-0.1, -0.05) is 23.0 Å².